The Balaban J connectivity index is 1.56. The number of piperidine rings is 1. The van der Waals surface area contributed by atoms with Crippen LogP contribution in [0.3, 0.4) is 0 Å². The molecule has 7 heteroatoms. The highest BCUT2D eigenvalue weighted by molar-refractivity contribution is 6.25. The van der Waals surface area contributed by atoms with Crippen LogP contribution in [0, 0.1) is 0 Å². The van der Waals surface area contributed by atoms with Crippen molar-refractivity contribution in [3.63, 3.8) is 0 Å². The zero-order valence-electron chi connectivity index (χ0n) is 17.7. The quantitative estimate of drug-likeness (QED) is 0.427. The number of fused-ring (bicyclic) bond motifs is 1. The van der Waals surface area contributed by atoms with E-state index in [0.29, 0.717) is 16.8 Å². The Bertz CT molecular complexity index is 821. The molecular weight excluding hydrogens is 382 g/mol. The fraction of sp³-hybridized carbons (Fsp3) is 0.565. The number of carbonyl (C=O) groups is 4. The average Bonchev–Trinajstić information content (AvgIpc) is 2.98. The first kappa shape index (κ1) is 22.0. The van der Waals surface area contributed by atoms with E-state index in [-0.39, 0.29) is 18.7 Å². The highest BCUT2D eigenvalue weighted by Gasteiger charge is 2.45. The second kappa shape index (κ2) is 10.4. The van der Waals surface area contributed by atoms with E-state index in [0.717, 1.165) is 24.3 Å². The Labute approximate surface area is 177 Å². The molecule has 7 nitrogen and oxygen atoms in total. The zero-order chi connectivity index (χ0) is 21.5. The molecule has 3 rings (SSSR count). The van der Waals surface area contributed by atoms with Crippen LogP contribution in [-0.4, -0.2) is 41.1 Å². The molecule has 1 aromatic rings. The molecule has 0 spiro atoms. The number of imide groups is 2. The number of rotatable bonds is 11. The van der Waals surface area contributed by atoms with Crippen molar-refractivity contribution in [2.24, 2.45) is 0 Å². The van der Waals surface area contributed by atoms with Crippen LogP contribution in [0.1, 0.15) is 91.8 Å². The molecule has 0 aromatic heterocycles. The summed E-state index contributed by atoms with van der Waals surface area (Å²) in [5, 5.41) is 5.51. The monoisotopic (exact) mass is 413 g/mol. The van der Waals surface area contributed by atoms with Crippen molar-refractivity contribution < 1.29 is 19.2 Å². The number of hydrogen-bond acceptors (Lipinski definition) is 5. The number of benzene rings is 1. The summed E-state index contributed by atoms with van der Waals surface area (Å²) in [6.45, 7) is 2.94. The summed E-state index contributed by atoms with van der Waals surface area (Å²) in [6.07, 6.45) is 10.0. The van der Waals surface area contributed by atoms with Crippen LogP contribution in [0.2, 0.25) is 0 Å². The van der Waals surface area contributed by atoms with Crippen molar-refractivity contribution in [2.45, 2.75) is 77.2 Å². The Morgan fingerprint density at radius 1 is 0.967 bits per heavy atom. The molecule has 0 aliphatic carbocycles. The third-order valence-corrected chi connectivity index (χ3v) is 5.81. The fourth-order valence-electron chi connectivity index (χ4n) is 4.14. The Morgan fingerprint density at radius 3 is 2.37 bits per heavy atom. The molecule has 2 N–H and O–H groups in total. The second-order valence-corrected chi connectivity index (χ2v) is 8.08. The molecule has 1 saturated heterocycles. The molecule has 0 saturated carbocycles. The summed E-state index contributed by atoms with van der Waals surface area (Å²) < 4.78 is 0. The molecule has 1 unspecified atom stereocenters. The minimum atomic E-state index is -0.935. The molecular formula is C23H31N3O4. The van der Waals surface area contributed by atoms with Gasteiger partial charge in [-0.05, 0) is 25.0 Å². The normalized spacial score (nSPS) is 18.6. The first-order chi connectivity index (χ1) is 14.5. The third-order valence-electron chi connectivity index (χ3n) is 5.81. The summed E-state index contributed by atoms with van der Waals surface area (Å²) >= 11 is 0. The summed E-state index contributed by atoms with van der Waals surface area (Å²) in [7, 11) is 0. The fourth-order valence-corrected chi connectivity index (χ4v) is 4.14. The van der Waals surface area contributed by atoms with Crippen molar-refractivity contribution >= 4 is 29.3 Å². The van der Waals surface area contributed by atoms with Crippen LogP contribution >= 0.6 is 0 Å². The van der Waals surface area contributed by atoms with E-state index >= 15 is 0 Å². The number of nitrogens with zero attached hydrogens (tertiary/aromatic N) is 1. The summed E-state index contributed by atoms with van der Waals surface area (Å²) in [5.41, 5.74) is 1.26. The van der Waals surface area contributed by atoms with Crippen LogP contribution in [0.25, 0.3) is 0 Å². The maximum Gasteiger partial charge on any atom is 0.264 e. The van der Waals surface area contributed by atoms with Crippen LogP contribution in [0.5, 0.6) is 0 Å². The predicted molar refractivity (Wildman–Crippen MR) is 114 cm³/mol. The largest absolute Gasteiger partial charge is 0.384 e. The Hall–Kier alpha value is -2.70. The molecule has 162 valence electrons. The Morgan fingerprint density at radius 2 is 1.67 bits per heavy atom. The molecule has 30 heavy (non-hydrogen) atoms. The maximum absolute atomic E-state index is 13.0. The highest BCUT2D eigenvalue weighted by atomic mass is 16.2. The molecule has 1 aromatic carbocycles. The number of anilines is 1. The minimum absolute atomic E-state index is 0.118. The minimum Gasteiger partial charge on any atom is -0.384 e. The van der Waals surface area contributed by atoms with Gasteiger partial charge in [0.05, 0.1) is 11.1 Å². The second-order valence-electron chi connectivity index (χ2n) is 8.08. The topological polar surface area (TPSA) is 95.6 Å². The van der Waals surface area contributed by atoms with Gasteiger partial charge in [0, 0.05) is 18.7 Å². The molecule has 0 radical (unpaired) electrons. The van der Waals surface area contributed by atoms with Crippen molar-refractivity contribution in [1.29, 1.82) is 0 Å². The predicted octanol–water partition coefficient (Wildman–Crippen LogP) is 3.64. The Kier molecular flexibility index (Phi) is 7.60. The lowest BCUT2D eigenvalue weighted by Gasteiger charge is -2.27. The van der Waals surface area contributed by atoms with Gasteiger partial charge in [0.15, 0.2) is 0 Å². The maximum atomic E-state index is 13.0. The molecule has 1 atom stereocenters. The van der Waals surface area contributed by atoms with Gasteiger partial charge < -0.3 is 5.32 Å². The number of nitrogens with one attached hydrogen (secondary N) is 2. The standard InChI is InChI=1S/C23H31N3O4/c1-2-3-4-5-6-7-8-9-15-24-17-12-10-11-16-20(17)23(30)26(22(16)29)18-13-14-19(27)25-21(18)28/h10-12,18,24H,2-9,13-15H2,1H3,(H,25,27,28). The first-order valence-corrected chi connectivity index (χ1v) is 11.1. The first-order valence-electron chi connectivity index (χ1n) is 11.1. The van der Waals surface area contributed by atoms with Gasteiger partial charge in [-0.3, -0.25) is 29.4 Å². The average molecular weight is 414 g/mol. The molecule has 2 aliphatic rings. The van der Waals surface area contributed by atoms with E-state index in [2.05, 4.69) is 17.6 Å². The van der Waals surface area contributed by atoms with Gasteiger partial charge >= 0.3 is 0 Å². The summed E-state index contributed by atoms with van der Waals surface area (Å²) in [5.74, 6) is -1.90. The van der Waals surface area contributed by atoms with Gasteiger partial charge in [-0.15, -0.1) is 0 Å². The lowest BCUT2D eigenvalue weighted by molar-refractivity contribution is -0.136. The molecule has 2 aliphatic heterocycles. The van der Waals surface area contributed by atoms with Gasteiger partial charge in [0.1, 0.15) is 6.04 Å². The SMILES string of the molecule is CCCCCCCCCCNc1cccc2c1C(=O)N(C1CCC(=O)NC1=O)C2=O. The van der Waals surface area contributed by atoms with Crippen LogP contribution < -0.4 is 10.6 Å². The van der Waals surface area contributed by atoms with E-state index in [1.807, 2.05) is 0 Å². The van der Waals surface area contributed by atoms with Crippen molar-refractivity contribution in [3.8, 4) is 0 Å². The number of amides is 4. The van der Waals surface area contributed by atoms with E-state index in [4.69, 9.17) is 0 Å². The number of hydrogen-bond donors (Lipinski definition) is 2. The smallest absolute Gasteiger partial charge is 0.264 e. The summed E-state index contributed by atoms with van der Waals surface area (Å²) in [4.78, 5) is 50.4. The van der Waals surface area contributed by atoms with Gasteiger partial charge in [-0.25, -0.2) is 0 Å². The molecule has 2 heterocycles. The third kappa shape index (κ3) is 4.89. The van der Waals surface area contributed by atoms with E-state index in [1.165, 1.54) is 38.5 Å². The van der Waals surface area contributed by atoms with Gasteiger partial charge in [0.25, 0.3) is 11.8 Å². The van der Waals surface area contributed by atoms with Crippen molar-refractivity contribution in [2.75, 3.05) is 11.9 Å². The van der Waals surface area contributed by atoms with Crippen LogP contribution in [0.4, 0.5) is 5.69 Å². The van der Waals surface area contributed by atoms with Crippen LogP contribution in [-0.2, 0) is 9.59 Å². The van der Waals surface area contributed by atoms with E-state index < -0.39 is 23.8 Å². The summed E-state index contributed by atoms with van der Waals surface area (Å²) in [6, 6.07) is 4.22. The van der Waals surface area contributed by atoms with Crippen molar-refractivity contribution in [1.82, 2.24) is 10.2 Å². The lowest BCUT2D eigenvalue weighted by Crippen LogP contribution is -2.54. The molecule has 0 bridgehead atoms. The van der Waals surface area contributed by atoms with Gasteiger partial charge in [-0.2, -0.15) is 0 Å². The number of carbonyl (C=O) groups excluding carboxylic acids is 4. The van der Waals surface area contributed by atoms with Crippen LogP contribution in [0.15, 0.2) is 18.2 Å². The lowest BCUT2D eigenvalue weighted by atomic mass is 10.0. The molecule has 1 fully saturated rings. The highest BCUT2D eigenvalue weighted by Crippen LogP contribution is 2.32. The van der Waals surface area contributed by atoms with E-state index in [9.17, 15) is 19.2 Å². The number of unbranched alkanes of at least 4 members (excludes halogenated alkanes) is 7. The van der Waals surface area contributed by atoms with Gasteiger partial charge in [-0.1, -0.05) is 57.9 Å². The van der Waals surface area contributed by atoms with Crippen molar-refractivity contribution in [3.05, 3.63) is 29.3 Å². The molecule has 4 amide bonds. The van der Waals surface area contributed by atoms with Gasteiger partial charge in [0.2, 0.25) is 11.8 Å². The van der Waals surface area contributed by atoms with E-state index in [1.54, 1.807) is 18.2 Å². The zero-order valence-corrected chi connectivity index (χ0v) is 17.7.